The van der Waals surface area contributed by atoms with Gasteiger partial charge < -0.3 is 14.7 Å². The molecule has 0 spiro atoms. The van der Waals surface area contributed by atoms with Gasteiger partial charge in [-0.05, 0) is 87.5 Å². The molecule has 1 aromatic carbocycles. The predicted molar refractivity (Wildman–Crippen MR) is 150 cm³/mol. The Morgan fingerprint density at radius 2 is 1.68 bits per heavy atom. The van der Waals surface area contributed by atoms with Crippen LogP contribution in [0.3, 0.4) is 0 Å². The lowest BCUT2D eigenvalue weighted by molar-refractivity contribution is -0.143. The molecule has 3 aliphatic heterocycles. The number of likely N-dealkylation sites (tertiary alicyclic amines) is 3. The highest BCUT2D eigenvalue weighted by Crippen LogP contribution is 2.34. The number of piperidine rings is 1. The molecule has 0 saturated carbocycles. The number of sulfonamides is 1. The summed E-state index contributed by atoms with van der Waals surface area (Å²) in [7, 11) is -3.94. The summed E-state index contributed by atoms with van der Waals surface area (Å²) in [5.41, 5.74) is 0.720. The van der Waals surface area contributed by atoms with Crippen LogP contribution < -0.4 is 4.72 Å². The Hall–Kier alpha value is -1.69. The molecule has 2 amide bonds. The Balaban J connectivity index is 1.22. The van der Waals surface area contributed by atoms with Crippen LogP contribution in [0.4, 0.5) is 0 Å². The minimum Gasteiger partial charge on any atom is -0.337 e. The van der Waals surface area contributed by atoms with Crippen LogP contribution in [0.25, 0.3) is 10.4 Å². The maximum Gasteiger partial charge on any atom is 0.250 e. The highest BCUT2D eigenvalue weighted by molar-refractivity contribution is 7.91. The van der Waals surface area contributed by atoms with Gasteiger partial charge in [-0.2, -0.15) is 4.72 Å². The first-order valence-electron chi connectivity index (χ1n) is 13.1. The molecule has 0 radical (unpaired) electrons. The molecule has 0 unspecified atom stereocenters. The standard InChI is InChI=1S/C26H32Cl2N4O4S2/c27-19-13-18(14-20(28)15-19)23-7-8-25(37-23)38(35,36)29-22-6-4-11-31(26(22)34)17-24(33)32-12-3-5-21(32)16-30-9-1-2-10-30/h7-8,13-15,21-22,29H,1-6,9-12,16-17H2/t21-,22-/m0/s1. The third-order valence-electron chi connectivity index (χ3n) is 7.51. The number of hydrogen-bond acceptors (Lipinski definition) is 6. The Labute approximate surface area is 237 Å². The van der Waals surface area contributed by atoms with Crippen molar-refractivity contribution in [2.75, 3.05) is 39.3 Å². The molecule has 2 atom stereocenters. The Kier molecular flexibility index (Phi) is 8.66. The fraction of sp³-hybridized carbons (Fsp3) is 0.538. The average molecular weight is 600 g/mol. The van der Waals surface area contributed by atoms with Gasteiger partial charge in [0, 0.05) is 40.6 Å². The second kappa shape index (κ2) is 11.8. The minimum absolute atomic E-state index is 0.00770. The van der Waals surface area contributed by atoms with E-state index in [4.69, 9.17) is 23.2 Å². The molecule has 3 aliphatic rings. The highest BCUT2D eigenvalue weighted by Gasteiger charge is 2.36. The number of hydrogen-bond donors (Lipinski definition) is 1. The summed E-state index contributed by atoms with van der Waals surface area (Å²) in [4.78, 5) is 33.0. The number of rotatable bonds is 8. The van der Waals surface area contributed by atoms with Gasteiger partial charge in [0.05, 0.1) is 6.54 Å². The van der Waals surface area contributed by atoms with Crippen molar-refractivity contribution in [3.8, 4) is 10.4 Å². The van der Waals surface area contributed by atoms with Crippen molar-refractivity contribution in [1.29, 1.82) is 0 Å². The predicted octanol–water partition coefficient (Wildman–Crippen LogP) is 4.08. The molecule has 1 N–H and O–H groups in total. The van der Waals surface area contributed by atoms with Crippen LogP contribution in [0, 0.1) is 0 Å². The van der Waals surface area contributed by atoms with Crippen LogP contribution in [0.15, 0.2) is 34.5 Å². The normalized spacial score (nSPS) is 22.9. The lowest BCUT2D eigenvalue weighted by Gasteiger charge is -2.34. The van der Waals surface area contributed by atoms with Crippen LogP contribution in [0.5, 0.6) is 0 Å². The molecule has 3 fully saturated rings. The van der Waals surface area contributed by atoms with E-state index < -0.39 is 16.1 Å². The van der Waals surface area contributed by atoms with Crippen molar-refractivity contribution in [1.82, 2.24) is 19.4 Å². The first kappa shape index (κ1) is 27.9. The highest BCUT2D eigenvalue weighted by atomic mass is 35.5. The topological polar surface area (TPSA) is 90.0 Å². The third kappa shape index (κ3) is 6.37. The number of carbonyl (C=O) groups is 2. The molecule has 2 aromatic rings. The molecule has 4 heterocycles. The monoisotopic (exact) mass is 598 g/mol. The maximum absolute atomic E-state index is 13.2. The number of thiophene rings is 1. The second-order valence-corrected chi connectivity index (χ2v) is 14.1. The van der Waals surface area contributed by atoms with E-state index in [9.17, 15) is 18.0 Å². The van der Waals surface area contributed by atoms with Gasteiger partial charge in [0.15, 0.2) is 0 Å². The molecule has 1 aromatic heterocycles. The quantitative estimate of drug-likeness (QED) is 0.494. The van der Waals surface area contributed by atoms with E-state index >= 15 is 0 Å². The van der Waals surface area contributed by atoms with E-state index in [1.54, 1.807) is 24.3 Å². The first-order valence-corrected chi connectivity index (χ1v) is 16.1. The molecule has 8 nitrogen and oxygen atoms in total. The van der Waals surface area contributed by atoms with Crippen molar-refractivity contribution in [3.05, 3.63) is 40.4 Å². The van der Waals surface area contributed by atoms with Gasteiger partial charge >= 0.3 is 0 Å². The summed E-state index contributed by atoms with van der Waals surface area (Å²) in [5, 5.41) is 0.921. The zero-order chi connectivity index (χ0) is 26.9. The summed E-state index contributed by atoms with van der Waals surface area (Å²) in [6.07, 6.45) is 5.41. The van der Waals surface area contributed by atoms with Crippen LogP contribution >= 0.6 is 34.5 Å². The Bertz CT molecular complexity index is 1280. The number of carbonyl (C=O) groups excluding carboxylic acids is 2. The van der Waals surface area contributed by atoms with E-state index in [0.717, 1.165) is 49.4 Å². The maximum atomic E-state index is 13.2. The lowest BCUT2D eigenvalue weighted by atomic mass is 10.1. The van der Waals surface area contributed by atoms with Crippen molar-refractivity contribution >= 4 is 56.4 Å². The van der Waals surface area contributed by atoms with Crippen LogP contribution in [-0.4, -0.2) is 86.3 Å². The van der Waals surface area contributed by atoms with E-state index in [2.05, 4.69) is 9.62 Å². The lowest BCUT2D eigenvalue weighted by Crippen LogP contribution is -2.55. The smallest absolute Gasteiger partial charge is 0.250 e. The van der Waals surface area contributed by atoms with E-state index in [-0.39, 0.29) is 28.6 Å². The zero-order valence-corrected chi connectivity index (χ0v) is 24.2. The number of nitrogens with one attached hydrogen (secondary N) is 1. The van der Waals surface area contributed by atoms with Gasteiger partial charge in [0.25, 0.3) is 10.0 Å². The van der Waals surface area contributed by atoms with Crippen molar-refractivity contribution in [3.63, 3.8) is 0 Å². The molecule has 0 bridgehead atoms. The molecule has 38 heavy (non-hydrogen) atoms. The molecule has 5 rings (SSSR count). The van der Waals surface area contributed by atoms with Gasteiger partial charge in [-0.15, -0.1) is 11.3 Å². The summed E-state index contributed by atoms with van der Waals surface area (Å²) in [5.74, 6) is -0.395. The van der Waals surface area contributed by atoms with Crippen molar-refractivity contribution in [2.45, 2.75) is 54.8 Å². The summed E-state index contributed by atoms with van der Waals surface area (Å²) in [6, 6.07) is 7.56. The molecule has 0 aliphatic carbocycles. The number of halogens is 2. The Morgan fingerprint density at radius 1 is 0.974 bits per heavy atom. The van der Waals surface area contributed by atoms with E-state index in [1.165, 1.54) is 23.8 Å². The zero-order valence-electron chi connectivity index (χ0n) is 21.1. The van der Waals surface area contributed by atoms with Crippen LogP contribution in [-0.2, 0) is 19.6 Å². The fourth-order valence-corrected chi connectivity index (χ4v) is 8.70. The second-order valence-electron chi connectivity index (χ2n) is 10.2. The molecule has 3 saturated heterocycles. The number of nitrogens with zero attached hydrogens (tertiary/aromatic N) is 3. The summed E-state index contributed by atoms with van der Waals surface area (Å²) < 4.78 is 29.0. The van der Waals surface area contributed by atoms with Gasteiger partial charge in [0.2, 0.25) is 11.8 Å². The number of amides is 2. The average Bonchev–Trinajstić information content (AvgIpc) is 3.63. The minimum atomic E-state index is -3.94. The van der Waals surface area contributed by atoms with Gasteiger partial charge in [-0.1, -0.05) is 23.2 Å². The summed E-state index contributed by atoms with van der Waals surface area (Å²) >= 11 is 13.3. The molecule has 12 heteroatoms. The third-order valence-corrected chi connectivity index (χ3v) is 11.0. The van der Waals surface area contributed by atoms with E-state index in [1.807, 2.05) is 4.90 Å². The SMILES string of the molecule is O=C1[C@@H](NS(=O)(=O)c2ccc(-c3cc(Cl)cc(Cl)c3)s2)CCCN1CC(=O)N1CCC[C@H]1CN1CCCC1. The largest absolute Gasteiger partial charge is 0.337 e. The van der Waals surface area contributed by atoms with Gasteiger partial charge in [0.1, 0.15) is 10.3 Å². The Morgan fingerprint density at radius 3 is 2.42 bits per heavy atom. The first-order chi connectivity index (χ1) is 18.2. The fourth-order valence-electron chi connectivity index (χ4n) is 5.64. The van der Waals surface area contributed by atoms with Crippen molar-refractivity contribution < 1.29 is 18.0 Å². The van der Waals surface area contributed by atoms with Gasteiger partial charge in [-0.3, -0.25) is 9.59 Å². The van der Waals surface area contributed by atoms with E-state index in [0.29, 0.717) is 40.9 Å². The molecule has 206 valence electrons. The molecular weight excluding hydrogens is 567 g/mol. The van der Waals surface area contributed by atoms with Gasteiger partial charge in [-0.25, -0.2) is 8.42 Å². The summed E-state index contributed by atoms with van der Waals surface area (Å²) in [6.45, 7) is 4.23. The van der Waals surface area contributed by atoms with Crippen LogP contribution in [0.2, 0.25) is 10.0 Å². The van der Waals surface area contributed by atoms with Crippen LogP contribution in [0.1, 0.15) is 38.5 Å². The number of benzene rings is 1. The molecular formula is C26H32Cl2N4O4S2. The van der Waals surface area contributed by atoms with Crippen molar-refractivity contribution in [2.24, 2.45) is 0 Å².